The number of hydrogen-bond acceptors (Lipinski definition) is 7. The van der Waals surface area contributed by atoms with Crippen molar-refractivity contribution in [3.05, 3.63) is 54.3 Å². The fraction of sp³-hybridized carbons (Fsp3) is 0.250. The molecule has 0 spiro atoms. The smallest absolute Gasteiger partial charge is 0.345 e. The van der Waals surface area contributed by atoms with E-state index in [4.69, 9.17) is 14.2 Å². The summed E-state index contributed by atoms with van der Waals surface area (Å²) in [6.07, 6.45) is 5.01. The Bertz CT molecular complexity index is 1460. The molecule has 0 unspecified atom stereocenters. The molecule has 5 aromatic rings. The van der Waals surface area contributed by atoms with E-state index in [0.717, 1.165) is 33.3 Å². The highest BCUT2D eigenvalue weighted by Gasteiger charge is 2.21. The second-order valence-corrected chi connectivity index (χ2v) is 7.72. The summed E-state index contributed by atoms with van der Waals surface area (Å²) in [5.41, 5.74) is 5.19. The predicted octanol–water partition coefficient (Wildman–Crippen LogP) is 5.17. The van der Waals surface area contributed by atoms with Crippen LogP contribution in [0.5, 0.6) is 5.75 Å². The van der Waals surface area contributed by atoms with Gasteiger partial charge < -0.3 is 18.6 Å². The molecule has 0 N–H and O–H groups in total. The minimum Gasteiger partial charge on any atom is -0.496 e. The van der Waals surface area contributed by atoms with E-state index in [1.807, 2.05) is 36.6 Å². The number of pyridine rings is 2. The number of halogens is 2. The highest BCUT2D eigenvalue weighted by Crippen LogP contribution is 2.39. The first kappa shape index (κ1) is 21.9. The lowest BCUT2D eigenvalue weighted by molar-refractivity contribution is -0.130. The Balaban J connectivity index is 1.76. The second-order valence-electron chi connectivity index (χ2n) is 7.72. The fourth-order valence-electron chi connectivity index (χ4n) is 4.24. The van der Waals surface area contributed by atoms with Crippen LogP contribution in [0.4, 0.5) is 8.78 Å². The summed E-state index contributed by atoms with van der Waals surface area (Å²) < 4.78 is 42.9. The van der Waals surface area contributed by atoms with Crippen LogP contribution in [0, 0.1) is 13.8 Å². The summed E-state index contributed by atoms with van der Waals surface area (Å²) in [7, 11) is 1.59. The van der Waals surface area contributed by atoms with Crippen molar-refractivity contribution in [3.8, 4) is 28.3 Å². The summed E-state index contributed by atoms with van der Waals surface area (Å²) in [5, 5.41) is 4.82. The Kier molecular flexibility index (Phi) is 5.66. The Hall–Kier alpha value is -3.92. The SMILES string of the molecule is COc1cc2c(cc1-c1c(C)noc1C)ncc1nc(-c3cccnc3)n(CCOC(F)F)c12. The van der Waals surface area contributed by atoms with Gasteiger partial charge in [-0.15, -0.1) is 0 Å². The van der Waals surface area contributed by atoms with Gasteiger partial charge in [-0.25, -0.2) is 4.98 Å². The number of ether oxygens (including phenoxy) is 2. The summed E-state index contributed by atoms with van der Waals surface area (Å²) in [6.45, 7) is 0.831. The normalized spacial score (nSPS) is 11.7. The molecule has 174 valence electrons. The standard InChI is InChI=1S/C24H21F2N5O3/c1-13-21(14(2)34-30-13)17-9-18-16(10-20(17)32-3)22-19(12-28-18)29-23(15-5-4-6-27-11-15)31(22)7-8-33-24(25)26/h4-6,9-12,24H,7-8H2,1-3H3. The molecule has 0 saturated carbocycles. The van der Waals surface area contributed by atoms with Crippen LogP contribution >= 0.6 is 0 Å². The molecular formula is C24H21F2N5O3. The van der Waals surface area contributed by atoms with Crippen LogP contribution in [0.25, 0.3) is 44.5 Å². The quantitative estimate of drug-likeness (QED) is 0.328. The van der Waals surface area contributed by atoms with Gasteiger partial charge in [0, 0.05) is 35.5 Å². The molecule has 0 aliphatic carbocycles. The van der Waals surface area contributed by atoms with E-state index >= 15 is 0 Å². The number of imidazole rings is 1. The van der Waals surface area contributed by atoms with E-state index in [-0.39, 0.29) is 13.2 Å². The second kappa shape index (κ2) is 8.79. The molecule has 34 heavy (non-hydrogen) atoms. The molecule has 10 heteroatoms. The lowest BCUT2D eigenvalue weighted by atomic mass is 10.0. The Labute approximate surface area is 193 Å². The van der Waals surface area contributed by atoms with Gasteiger partial charge in [0.25, 0.3) is 0 Å². The molecule has 0 amide bonds. The summed E-state index contributed by atoms with van der Waals surface area (Å²) in [6, 6.07) is 7.45. The maximum atomic E-state index is 12.7. The van der Waals surface area contributed by atoms with Crippen LogP contribution in [0.2, 0.25) is 0 Å². The predicted molar refractivity (Wildman–Crippen MR) is 122 cm³/mol. The van der Waals surface area contributed by atoms with E-state index in [9.17, 15) is 8.78 Å². The highest BCUT2D eigenvalue weighted by atomic mass is 19.3. The number of aryl methyl sites for hydroxylation is 2. The minimum absolute atomic E-state index is 0.165. The molecule has 0 radical (unpaired) electrons. The van der Waals surface area contributed by atoms with Crippen molar-refractivity contribution in [3.63, 3.8) is 0 Å². The number of aromatic nitrogens is 5. The van der Waals surface area contributed by atoms with Crippen molar-refractivity contribution in [2.75, 3.05) is 13.7 Å². The van der Waals surface area contributed by atoms with Gasteiger partial charge in [-0.3, -0.25) is 9.97 Å². The minimum atomic E-state index is -2.85. The van der Waals surface area contributed by atoms with E-state index in [1.54, 1.807) is 31.8 Å². The molecular weight excluding hydrogens is 444 g/mol. The summed E-state index contributed by atoms with van der Waals surface area (Å²) in [4.78, 5) is 13.5. The van der Waals surface area contributed by atoms with Crippen molar-refractivity contribution in [1.82, 2.24) is 24.7 Å². The average molecular weight is 465 g/mol. The van der Waals surface area contributed by atoms with Crippen LogP contribution in [0.3, 0.4) is 0 Å². The first-order valence-corrected chi connectivity index (χ1v) is 10.6. The van der Waals surface area contributed by atoms with E-state index < -0.39 is 6.61 Å². The number of hydrogen-bond donors (Lipinski definition) is 0. The van der Waals surface area contributed by atoms with E-state index in [1.165, 1.54) is 0 Å². The molecule has 0 saturated heterocycles. The zero-order valence-corrected chi connectivity index (χ0v) is 18.7. The third kappa shape index (κ3) is 3.75. The van der Waals surface area contributed by atoms with Crippen LogP contribution in [-0.2, 0) is 11.3 Å². The van der Waals surface area contributed by atoms with Gasteiger partial charge in [0.1, 0.15) is 22.9 Å². The highest BCUT2D eigenvalue weighted by molar-refractivity contribution is 6.05. The third-order valence-electron chi connectivity index (χ3n) is 5.67. The molecule has 8 nitrogen and oxygen atoms in total. The maximum Gasteiger partial charge on any atom is 0.345 e. The van der Waals surface area contributed by atoms with Crippen LogP contribution in [0.1, 0.15) is 11.5 Å². The number of methoxy groups -OCH3 is 1. The van der Waals surface area contributed by atoms with E-state index in [0.29, 0.717) is 28.4 Å². The van der Waals surface area contributed by atoms with Gasteiger partial charge in [0.2, 0.25) is 0 Å². The van der Waals surface area contributed by atoms with Gasteiger partial charge in [0.15, 0.2) is 0 Å². The molecule has 4 aromatic heterocycles. The summed E-state index contributed by atoms with van der Waals surface area (Å²) >= 11 is 0. The fourth-order valence-corrected chi connectivity index (χ4v) is 4.24. The van der Waals surface area contributed by atoms with Gasteiger partial charge in [0.05, 0.1) is 42.2 Å². The Morgan fingerprint density at radius 3 is 2.68 bits per heavy atom. The van der Waals surface area contributed by atoms with Crippen molar-refractivity contribution in [2.45, 2.75) is 27.0 Å². The molecule has 1 aromatic carbocycles. The third-order valence-corrected chi connectivity index (χ3v) is 5.67. The molecule has 0 bridgehead atoms. The van der Waals surface area contributed by atoms with Crippen molar-refractivity contribution in [1.29, 1.82) is 0 Å². The monoisotopic (exact) mass is 465 g/mol. The topological polar surface area (TPSA) is 88.1 Å². The van der Waals surface area contributed by atoms with Crippen LogP contribution in [0.15, 0.2) is 47.4 Å². The van der Waals surface area contributed by atoms with Crippen molar-refractivity contribution >= 4 is 21.9 Å². The average Bonchev–Trinajstić information content (AvgIpc) is 3.38. The van der Waals surface area contributed by atoms with Crippen LogP contribution < -0.4 is 4.74 Å². The Morgan fingerprint density at radius 2 is 2.00 bits per heavy atom. The molecule has 4 heterocycles. The number of fused-ring (bicyclic) bond motifs is 3. The zero-order valence-electron chi connectivity index (χ0n) is 18.7. The van der Waals surface area contributed by atoms with Gasteiger partial charge in [-0.1, -0.05) is 5.16 Å². The van der Waals surface area contributed by atoms with Gasteiger partial charge in [-0.05, 0) is 38.1 Å². The molecule has 0 aliphatic heterocycles. The number of nitrogens with zero attached hydrogens (tertiary/aromatic N) is 5. The van der Waals surface area contributed by atoms with Gasteiger partial charge >= 0.3 is 6.61 Å². The van der Waals surface area contributed by atoms with Crippen LogP contribution in [-0.4, -0.2) is 45.0 Å². The number of benzene rings is 1. The van der Waals surface area contributed by atoms with Crippen molar-refractivity contribution in [2.24, 2.45) is 0 Å². The molecule has 0 aliphatic rings. The molecule has 0 atom stereocenters. The lowest BCUT2D eigenvalue weighted by Crippen LogP contribution is -2.10. The zero-order chi connectivity index (χ0) is 23.8. The van der Waals surface area contributed by atoms with Crippen molar-refractivity contribution < 1.29 is 22.8 Å². The number of rotatable bonds is 7. The first-order valence-electron chi connectivity index (χ1n) is 10.6. The first-order chi connectivity index (χ1) is 16.5. The molecule has 0 fully saturated rings. The number of alkyl halides is 2. The van der Waals surface area contributed by atoms with E-state index in [2.05, 4.69) is 19.9 Å². The maximum absolute atomic E-state index is 12.7. The lowest BCUT2D eigenvalue weighted by Gasteiger charge is -2.13. The Morgan fingerprint density at radius 1 is 1.15 bits per heavy atom. The van der Waals surface area contributed by atoms with Gasteiger partial charge in [-0.2, -0.15) is 8.78 Å². The largest absolute Gasteiger partial charge is 0.496 e. The summed E-state index contributed by atoms with van der Waals surface area (Å²) in [5.74, 6) is 1.86. The molecule has 5 rings (SSSR count).